The van der Waals surface area contributed by atoms with E-state index in [1.54, 1.807) is 10.7 Å². The number of hydrogen-bond donors (Lipinski definition) is 1. The Balaban J connectivity index is 2.01. The van der Waals surface area contributed by atoms with Crippen molar-refractivity contribution in [1.29, 1.82) is 0 Å². The van der Waals surface area contributed by atoms with Gasteiger partial charge in [-0.25, -0.2) is 0 Å². The first-order valence-corrected chi connectivity index (χ1v) is 6.47. The van der Waals surface area contributed by atoms with E-state index in [1.165, 1.54) is 0 Å². The Bertz CT molecular complexity index is 455. The normalized spacial score (nSPS) is 16.9. The number of ketones is 1. The highest BCUT2D eigenvalue weighted by Gasteiger charge is 2.22. The maximum atomic E-state index is 12.1. The van der Waals surface area contributed by atoms with Gasteiger partial charge >= 0.3 is 0 Å². The zero-order chi connectivity index (χ0) is 13.1. The van der Waals surface area contributed by atoms with E-state index < -0.39 is 0 Å². The summed E-state index contributed by atoms with van der Waals surface area (Å²) >= 11 is 0. The van der Waals surface area contributed by atoms with Crippen LogP contribution < -0.4 is 5.32 Å². The summed E-state index contributed by atoms with van der Waals surface area (Å²) in [6, 6.07) is 1.92. The van der Waals surface area contributed by atoms with Gasteiger partial charge in [-0.3, -0.25) is 14.3 Å². The lowest BCUT2D eigenvalue weighted by Gasteiger charge is -2.22. The van der Waals surface area contributed by atoms with Crippen LogP contribution in [0.4, 0.5) is 0 Å². The van der Waals surface area contributed by atoms with Crippen LogP contribution in [0.5, 0.6) is 0 Å². The van der Waals surface area contributed by atoms with E-state index in [-0.39, 0.29) is 11.9 Å². The Morgan fingerprint density at radius 1 is 1.50 bits per heavy atom. The van der Waals surface area contributed by atoms with E-state index >= 15 is 0 Å². The number of nitrogens with zero attached hydrogens (tertiary/aromatic N) is 2. The van der Waals surface area contributed by atoms with Crippen molar-refractivity contribution in [2.45, 2.75) is 52.1 Å². The largest absolute Gasteiger partial charge is 0.348 e. The summed E-state index contributed by atoms with van der Waals surface area (Å²) in [7, 11) is 0. The minimum Gasteiger partial charge on any atom is -0.348 e. The molecule has 1 aromatic heterocycles. The van der Waals surface area contributed by atoms with E-state index in [0.29, 0.717) is 30.9 Å². The molecule has 0 spiro atoms. The van der Waals surface area contributed by atoms with E-state index in [4.69, 9.17) is 0 Å². The number of hydrogen-bond acceptors (Lipinski definition) is 3. The summed E-state index contributed by atoms with van der Waals surface area (Å²) in [5, 5.41) is 7.25. The van der Waals surface area contributed by atoms with Crippen LogP contribution in [0.2, 0.25) is 0 Å². The summed E-state index contributed by atoms with van der Waals surface area (Å²) in [5.41, 5.74) is 1.45. The maximum Gasteiger partial charge on any atom is 0.269 e. The Hall–Kier alpha value is -1.65. The molecule has 1 aliphatic carbocycles. The van der Waals surface area contributed by atoms with Gasteiger partial charge < -0.3 is 5.32 Å². The van der Waals surface area contributed by atoms with E-state index in [9.17, 15) is 9.59 Å². The van der Waals surface area contributed by atoms with E-state index in [2.05, 4.69) is 10.4 Å². The molecule has 1 fully saturated rings. The number of nitrogens with one attached hydrogen (secondary N) is 1. The van der Waals surface area contributed by atoms with Crippen molar-refractivity contribution >= 4 is 11.7 Å². The highest BCUT2D eigenvalue weighted by atomic mass is 16.2. The molecule has 0 aromatic carbocycles. The molecule has 0 saturated heterocycles. The average molecular weight is 249 g/mol. The zero-order valence-electron chi connectivity index (χ0n) is 10.9. The Morgan fingerprint density at radius 3 is 2.78 bits per heavy atom. The highest BCUT2D eigenvalue weighted by Crippen LogP contribution is 2.15. The van der Waals surface area contributed by atoms with Crippen molar-refractivity contribution in [1.82, 2.24) is 15.1 Å². The van der Waals surface area contributed by atoms with Gasteiger partial charge in [0, 0.05) is 25.4 Å². The number of aromatic nitrogens is 2. The van der Waals surface area contributed by atoms with Crippen LogP contribution in [-0.2, 0) is 11.3 Å². The molecule has 0 radical (unpaired) electrons. The summed E-state index contributed by atoms with van der Waals surface area (Å²) in [4.78, 5) is 23.3. The molecule has 1 saturated carbocycles. The fourth-order valence-corrected chi connectivity index (χ4v) is 2.31. The van der Waals surface area contributed by atoms with Crippen LogP contribution in [0.15, 0.2) is 6.07 Å². The predicted octanol–water partition coefficient (Wildman–Crippen LogP) is 1.45. The van der Waals surface area contributed by atoms with E-state index in [1.807, 2.05) is 13.8 Å². The first kappa shape index (κ1) is 12.8. The fraction of sp³-hybridized carbons (Fsp3) is 0.615. The number of aryl methyl sites for hydroxylation is 2. The van der Waals surface area contributed by atoms with Crippen LogP contribution in [0.3, 0.4) is 0 Å². The third-order valence-corrected chi connectivity index (χ3v) is 3.31. The second-order valence-corrected chi connectivity index (χ2v) is 4.77. The molecule has 0 unspecified atom stereocenters. The zero-order valence-corrected chi connectivity index (χ0v) is 10.9. The molecule has 1 N–H and O–H groups in total. The summed E-state index contributed by atoms with van der Waals surface area (Å²) in [5.74, 6) is 0.215. The molecular formula is C13H19N3O2. The summed E-state index contributed by atoms with van der Waals surface area (Å²) in [6.45, 7) is 4.52. The molecule has 2 rings (SSSR count). The molecular weight excluding hydrogens is 230 g/mol. The minimum atomic E-state index is -0.0863. The topological polar surface area (TPSA) is 64.0 Å². The second kappa shape index (κ2) is 5.33. The van der Waals surface area contributed by atoms with Crippen molar-refractivity contribution in [3.8, 4) is 0 Å². The molecule has 0 atom stereocenters. The molecule has 5 heteroatoms. The number of rotatable bonds is 3. The highest BCUT2D eigenvalue weighted by molar-refractivity contribution is 5.93. The van der Waals surface area contributed by atoms with Crippen molar-refractivity contribution in [3.05, 3.63) is 17.5 Å². The van der Waals surface area contributed by atoms with Gasteiger partial charge in [0.15, 0.2) is 0 Å². The SMILES string of the molecule is CCn1nc(C)cc1C(=O)NC1CCC(=O)CC1. The maximum absolute atomic E-state index is 12.1. The van der Waals surface area contributed by atoms with E-state index in [0.717, 1.165) is 18.5 Å². The third-order valence-electron chi connectivity index (χ3n) is 3.31. The van der Waals surface area contributed by atoms with Gasteiger partial charge in [0.25, 0.3) is 5.91 Å². The summed E-state index contributed by atoms with van der Waals surface area (Å²) < 4.78 is 1.71. The molecule has 1 amide bonds. The number of amides is 1. The van der Waals surface area contributed by atoms with Crippen LogP contribution in [0, 0.1) is 6.92 Å². The lowest BCUT2D eigenvalue weighted by molar-refractivity contribution is -0.120. The van der Waals surface area contributed by atoms with Gasteiger partial charge in [-0.1, -0.05) is 0 Å². The fourth-order valence-electron chi connectivity index (χ4n) is 2.31. The first-order chi connectivity index (χ1) is 8.60. The third kappa shape index (κ3) is 2.78. The molecule has 1 heterocycles. The molecule has 1 aromatic rings. The van der Waals surface area contributed by atoms with Crippen molar-refractivity contribution < 1.29 is 9.59 Å². The number of carbonyl (C=O) groups is 2. The van der Waals surface area contributed by atoms with Gasteiger partial charge in [0.1, 0.15) is 11.5 Å². The first-order valence-electron chi connectivity index (χ1n) is 6.47. The summed E-state index contributed by atoms with van der Waals surface area (Å²) in [6.07, 6.45) is 2.67. The monoisotopic (exact) mass is 249 g/mol. The smallest absolute Gasteiger partial charge is 0.269 e. The lowest BCUT2D eigenvalue weighted by atomic mass is 9.94. The van der Waals surface area contributed by atoms with Crippen molar-refractivity contribution in [2.75, 3.05) is 0 Å². The number of Topliss-reactive ketones (excluding diaryl/α,β-unsaturated/α-hetero) is 1. The predicted molar refractivity (Wildman–Crippen MR) is 67.4 cm³/mol. The number of carbonyl (C=O) groups excluding carboxylic acids is 2. The molecule has 5 nitrogen and oxygen atoms in total. The van der Waals surface area contributed by atoms with Crippen LogP contribution >= 0.6 is 0 Å². The lowest BCUT2D eigenvalue weighted by Crippen LogP contribution is -2.38. The van der Waals surface area contributed by atoms with Crippen molar-refractivity contribution in [2.24, 2.45) is 0 Å². The van der Waals surface area contributed by atoms with Crippen LogP contribution in [0.25, 0.3) is 0 Å². The van der Waals surface area contributed by atoms with Gasteiger partial charge in [-0.15, -0.1) is 0 Å². The minimum absolute atomic E-state index is 0.0863. The second-order valence-electron chi connectivity index (χ2n) is 4.77. The average Bonchev–Trinajstić information content (AvgIpc) is 2.73. The van der Waals surface area contributed by atoms with Crippen LogP contribution in [0.1, 0.15) is 48.8 Å². The Morgan fingerprint density at radius 2 is 2.17 bits per heavy atom. The molecule has 1 aliphatic rings. The quantitative estimate of drug-likeness (QED) is 0.882. The molecule has 0 aliphatic heterocycles. The van der Waals surface area contributed by atoms with Gasteiger partial charge in [0.05, 0.1) is 5.69 Å². The van der Waals surface area contributed by atoms with Crippen LogP contribution in [-0.4, -0.2) is 27.5 Å². The molecule has 0 bridgehead atoms. The van der Waals surface area contributed by atoms with Gasteiger partial charge in [-0.05, 0) is 32.8 Å². The Labute approximate surface area is 107 Å². The molecule has 98 valence electrons. The molecule has 18 heavy (non-hydrogen) atoms. The van der Waals surface area contributed by atoms with Gasteiger partial charge in [-0.2, -0.15) is 5.10 Å². The Kier molecular flexibility index (Phi) is 3.79. The van der Waals surface area contributed by atoms with Crippen molar-refractivity contribution in [3.63, 3.8) is 0 Å². The standard InChI is InChI=1S/C13H19N3O2/c1-3-16-12(8-9(2)15-16)13(18)14-10-4-6-11(17)7-5-10/h8,10H,3-7H2,1-2H3,(H,14,18). The van der Waals surface area contributed by atoms with Gasteiger partial charge in [0.2, 0.25) is 0 Å².